The minimum Gasteiger partial charge on any atom is -0.364 e. The minimum absolute atomic E-state index is 0.134. The number of aromatic nitrogens is 4. The van der Waals surface area contributed by atoms with E-state index in [1.807, 2.05) is 0 Å². The molecule has 130 valence electrons. The van der Waals surface area contributed by atoms with Gasteiger partial charge in [-0.3, -0.25) is 4.57 Å². The second kappa shape index (κ2) is 6.32. The monoisotopic (exact) mass is 349 g/mol. The predicted molar refractivity (Wildman–Crippen MR) is 83.2 cm³/mol. The molecule has 0 radical (unpaired) electrons. The van der Waals surface area contributed by atoms with Crippen LogP contribution in [-0.2, 0) is 11.3 Å². The van der Waals surface area contributed by atoms with Crippen LogP contribution in [0.4, 0.5) is 19.0 Å². The van der Waals surface area contributed by atoms with Crippen molar-refractivity contribution in [1.29, 1.82) is 0 Å². The summed E-state index contributed by atoms with van der Waals surface area (Å²) in [5, 5.41) is 2.90. The fourth-order valence-electron chi connectivity index (χ4n) is 2.84. The highest BCUT2D eigenvalue weighted by Gasteiger charge is 2.22. The number of imidazole rings is 1. The number of nitrogens with one attached hydrogen (secondary N) is 1. The summed E-state index contributed by atoms with van der Waals surface area (Å²) in [4.78, 5) is 11.8. The Morgan fingerprint density at radius 3 is 2.84 bits per heavy atom. The first-order valence-electron chi connectivity index (χ1n) is 7.81. The summed E-state index contributed by atoms with van der Waals surface area (Å²) in [5.41, 5.74) is 1.20. The van der Waals surface area contributed by atoms with E-state index in [0.717, 1.165) is 25.0 Å². The predicted octanol–water partition coefficient (Wildman–Crippen LogP) is 3.16. The lowest BCUT2D eigenvalue weighted by Gasteiger charge is -2.12. The zero-order valence-electron chi connectivity index (χ0n) is 13.0. The van der Waals surface area contributed by atoms with E-state index in [4.69, 9.17) is 4.74 Å². The van der Waals surface area contributed by atoms with Gasteiger partial charge < -0.3 is 10.1 Å². The summed E-state index contributed by atoms with van der Waals surface area (Å²) in [6.45, 7) is 0.773. The number of nitrogens with zero attached hydrogens (tertiary/aromatic N) is 4. The van der Waals surface area contributed by atoms with Crippen molar-refractivity contribution >= 4 is 17.0 Å². The van der Waals surface area contributed by atoms with Crippen LogP contribution in [0.15, 0.2) is 24.5 Å². The average molecular weight is 349 g/mol. The Morgan fingerprint density at radius 1 is 1.20 bits per heavy atom. The molecule has 1 unspecified atom stereocenters. The van der Waals surface area contributed by atoms with Gasteiger partial charge in [0, 0.05) is 13.2 Å². The molecular formula is C16H14F3N5O. The molecule has 3 aromatic rings. The Kier molecular flexibility index (Phi) is 4.00. The van der Waals surface area contributed by atoms with E-state index in [2.05, 4.69) is 20.3 Å². The fraction of sp³-hybridized carbons (Fsp3) is 0.312. The van der Waals surface area contributed by atoms with E-state index in [1.165, 1.54) is 12.4 Å². The summed E-state index contributed by atoms with van der Waals surface area (Å²) in [6, 6.07) is 3.54. The maximum atomic E-state index is 13.8. The van der Waals surface area contributed by atoms with E-state index >= 15 is 0 Å². The smallest absolute Gasteiger partial charge is 0.312 e. The highest BCUT2D eigenvalue weighted by molar-refractivity contribution is 5.82. The van der Waals surface area contributed by atoms with Gasteiger partial charge in [-0.2, -0.15) is 14.4 Å². The Labute approximate surface area is 140 Å². The minimum atomic E-state index is -0.944. The molecular weight excluding hydrogens is 335 g/mol. The van der Waals surface area contributed by atoms with Gasteiger partial charge in [-0.15, -0.1) is 0 Å². The molecule has 9 heteroatoms. The maximum Gasteiger partial charge on any atom is 0.312 e. The van der Waals surface area contributed by atoms with Crippen LogP contribution in [-0.4, -0.2) is 26.1 Å². The van der Waals surface area contributed by atoms with Crippen molar-refractivity contribution in [3.05, 3.63) is 47.8 Å². The third kappa shape index (κ3) is 3.02. The van der Waals surface area contributed by atoms with Crippen molar-refractivity contribution in [3.8, 4) is 0 Å². The summed E-state index contributed by atoms with van der Waals surface area (Å²) >= 11 is 0. The zero-order chi connectivity index (χ0) is 17.4. The first-order chi connectivity index (χ1) is 12.1. The molecule has 2 aromatic heterocycles. The lowest BCUT2D eigenvalue weighted by atomic mass is 10.2. The molecule has 0 saturated carbocycles. The standard InChI is InChI=1S/C16H14F3N5O/c17-10-4-3-9(6-11(10)18)7-20-14-13-15(23-16(19)22-14)24(8-21-13)12-2-1-5-25-12/h3-4,6,8,12H,1-2,5,7H2,(H,20,22,23). The molecule has 0 aliphatic carbocycles. The first kappa shape index (κ1) is 15.8. The van der Waals surface area contributed by atoms with Crippen LogP contribution in [0.1, 0.15) is 24.6 Å². The average Bonchev–Trinajstić information content (AvgIpc) is 3.24. The molecule has 25 heavy (non-hydrogen) atoms. The van der Waals surface area contributed by atoms with Gasteiger partial charge in [-0.05, 0) is 30.5 Å². The highest BCUT2D eigenvalue weighted by atomic mass is 19.2. The van der Waals surface area contributed by atoms with E-state index in [-0.39, 0.29) is 18.6 Å². The van der Waals surface area contributed by atoms with Gasteiger partial charge >= 0.3 is 6.08 Å². The van der Waals surface area contributed by atoms with Gasteiger partial charge in [-0.25, -0.2) is 13.8 Å². The number of hydrogen-bond acceptors (Lipinski definition) is 5. The van der Waals surface area contributed by atoms with Crippen LogP contribution < -0.4 is 5.32 Å². The van der Waals surface area contributed by atoms with E-state index < -0.39 is 17.7 Å². The number of ether oxygens (including phenoxy) is 1. The molecule has 1 N–H and O–H groups in total. The fourth-order valence-corrected chi connectivity index (χ4v) is 2.84. The van der Waals surface area contributed by atoms with Crippen molar-refractivity contribution in [1.82, 2.24) is 19.5 Å². The molecule has 1 atom stereocenters. The number of rotatable bonds is 4. The number of fused-ring (bicyclic) bond motifs is 1. The molecule has 0 bridgehead atoms. The van der Waals surface area contributed by atoms with Crippen LogP contribution in [0.5, 0.6) is 0 Å². The first-order valence-corrected chi connectivity index (χ1v) is 7.81. The molecule has 1 aliphatic rings. The Bertz CT molecular complexity index is 924. The van der Waals surface area contributed by atoms with Gasteiger partial charge in [0.2, 0.25) is 0 Å². The highest BCUT2D eigenvalue weighted by Crippen LogP contribution is 2.28. The second-order valence-electron chi connectivity index (χ2n) is 5.73. The molecule has 3 heterocycles. The van der Waals surface area contributed by atoms with E-state index in [9.17, 15) is 13.2 Å². The van der Waals surface area contributed by atoms with Gasteiger partial charge in [0.15, 0.2) is 28.6 Å². The van der Waals surface area contributed by atoms with Crippen molar-refractivity contribution in [2.24, 2.45) is 0 Å². The topological polar surface area (TPSA) is 64.9 Å². The maximum absolute atomic E-state index is 13.8. The molecule has 0 amide bonds. The largest absolute Gasteiger partial charge is 0.364 e. The van der Waals surface area contributed by atoms with Crippen molar-refractivity contribution in [3.63, 3.8) is 0 Å². The Balaban J connectivity index is 1.63. The second-order valence-corrected chi connectivity index (χ2v) is 5.73. The van der Waals surface area contributed by atoms with Gasteiger partial charge in [0.1, 0.15) is 6.23 Å². The molecule has 1 aromatic carbocycles. The lowest BCUT2D eigenvalue weighted by Crippen LogP contribution is -2.09. The Hall–Kier alpha value is -2.68. The van der Waals surface area contributed by atoms with Gasteiger partial charge in [-0.1, -0.05) is 6.07 Å². The molecule has 1 aliphatic heterocycles. The summed E-state index contributed by atoms with van der Waals surface area (Å²) in [7, 11) is 0. The van der Waals surface area contributed by atoms with Crippen LogP contribution in [0.3, 0.4) is 0 Å². The van der Waals surface area contributed by atoms with Gasteiger partial charge in [0.05, 0.1) is 6.33 Å². The van der Waals surface area contributed by atoms with Crippen molar-refractivity contribution in [2.45, 2.75) is 25.6 Å². The summed E-state index contributed by atoms with van der Waals surface area (Å²) in [6.07, 6.45) is 2.13. The summed E-state index contributed by atoms with van der Waals surface area (Å²) in [5.74, 6) is -1.68. The molecule has 1 saturated heterocycles. The van der Waals surface area contributed by atoms with E-state index in [1.54, 1.807) is 4.57 Å². The van der Waals surface area contributed by atoms with Gasteiger partial charge in [0.25, 0.3) is 0 Å². The number of hydrogen-bond donors (Lipinski definition) is 1. The molecule has 1 fully saturated rings. The number of anilines is 1. The molecule has 0 spiro atoms. The van der Waals surface area contributed by atoms with Crippen molar-refractivity contribution < 1.29 is 17.9 Å². The third-order valence-electron chi connectivity index (χ3n) is 4.05. The number of benzene rings is 1. The van der Waals surface area contributed by atoms with Crippen LogP contribution >= 0.6 is 0 Å². The van der Waals surface area contributed by atoms with E-state index in [0.29, 0.717) is 23.3 Å². The molecule has 4 rings (SSSR count). The zero-order valence-corrected chi connectivity index (χ0v) is 13.0. The quantitative estimate of drug-likeness (QED) is 0.733. The van der Waals surface area contributed by atoms with Crippen LogP contribution in [0.2, 0.25) is 0 Å². The van der Waals surface area contributed by atoms with Crippen LogP contribution in [0, 0.1) is 17.7 Å². The Morgan fingerprint density at radius 2 is 2.08 bits per heavy atom. The summed E-state index contributed by atoms with van der Waals surface area (Å²) < 4.78 is 47.4. The SMILES string of the molecule is Fc1nc(NCc2ccc(F)c(F)c2)c2ncn(C3CCCO3)c2n1. The van der Waals surface area contributed by atoms with Crippen LogP contribution in [0.25, 0.3) is 11.2 Å². The van der Waals surface area contributed by atoms with Crippen molar-refractivity contribution in [2.75, 3.05) is 11.9 Å². The lowest BCUT2D eigenvalue weighted by molar-refractivity contribution is 0.0592. The number of halogens is 3. The molecule has 6 nitrogen and oxygen atoms in total. The normalized spacial score (nSPS) is 17.3. The third-order valence-corrected chi connectivity index (χ3v) is 4.05.